The largest absolute Gasteiger partial charge is 0.147 e. The Morgan fingerprint density at radius 3 is 1.23 bits per heavy atom. The van der Waals surface area contributed by atoms with Gasteiger partial charge in [-0.15, -0.1) is 24.8 Å². The van der Waals surface area contributed by atoms with Crippen molar-refractivity contribution in [1.82, 2.24) is 0 Å². The standard InChI is InChI=1S/2C8H11.2CH3.2ClH.Hf.H2Si/c2*1-6-4-7(2)8(3)5-6;;;;;;/h2*4,8H,1-3H3;2*1H3;2*1H;;1H2. The van der Waals surface area contributed by atoms with E-state index in [0.717, 1.165) is 0 Å². The molecule has 0 nitrogen and oxygen atoms in total. The van der Waals surface area contributed by atoms with Crippen LogP contribution in [-0.4, -0.2) is 6.94 Å². The third kappa shape index (κ3) is 3.36. The molecule has 4 heteroatoms. The third-order valence-electron chi connectivity index (χ3n) is 5.70. The molecule has 2 aliphatic rings. The van der Waals surface area contributed by atoms with Crippen molar-refractivity contribution < 1.29 is 17.1 Å². The average Bonchev–Trinajstić information content (AvgIpc) is 2.65. The zero-order valence-corrected chi connectivity index (χ0v) is 22.0. The predicted molar refractivity (Wildman–Crippen MR) is 106 cm³/mol. The van der Waals surface area contributed by atoms with E-state index in [1.165, 1.54) is 0 Å². The van der Waals surface area contributed by atoms with Gasteiger partial charge < -0.3 is 0 Å². The minimum absolute atomic E-state index is 0. The van der Waals surface area contributed by atoms with Crippen molar-refractivity contribution in [2.24, 2.45) is 11.8 Å². The molecule has 0 spiro atoms. The van der Waals surface area contributed by atoms with Gasteiger partial charge in [-0.3, -0.25) is 0 Å². The Kier molecular flexibility index (Phi) is 7.05. The molecule has 0 radical (unpaired) electrons. The second kappa shape index (κ2) is 6.86. The van der Waals surface area contributed by atoms with Crippen LogP contribution in [0.1, 0.15) is 41.5 Å². The van der Waals surface area contributed by atoms with Crippen LogP contribution >= 0.6 is 24.8 Å². The molecule has 0 N–H and O–H groups in total. The number of hydrogen-bond donors (Lipinski definition) is 0. The van der Waals surface area contributed by atoms with Crippen LogP contribution in [0.3, 0.4) is 0 Å². The van der Waals surface area contributed by atoms with Crippen LogP contribution < -0.4 is 0 Å². The van der Waals surface area contributed by atoms with Crippen LogP contribution in [-0.2, 0) is 17.1 Å². The van der Waals surface area contributed by atoms with Crippen LogP contribution in [0.2, 0.25) is 9.36 Å². The normalized spacial score (nSPS) is 25.7. The maximum atomic E-state index is 2.67. The Bertz CT molecular complexity index is 619. The molecule has 2 rings (SSSR count). The molecule has 0 heterocycles. The molecule has 0 aromatic rings. The molecule has 2 unspecified atom stereocenters. The summed E-state index contributed by atoms with van der Waals surface area (Å²) in [5, 5.41) is 0. The molecule has 0 fully saturated rings. The first kappa shape index (κ1) is 22.6. The van der Waals surface area contributed by atoms with E-state index in [1.807, 2.05) is 6.66 Å². The van der Waals surface area contributed by atoms with Gasteiger partial charge in [-0.05, 0) is 0 Å². The first-order valence-corrected chi connectivity index (χ1v) is 26.9. The molecule has 0 saturated carbocycles. The van der Waals surface area contributed by atoms with E-state index >= 15 is 0 Å². The van der Waals surface area contributed by atoms with Gasteiger partial charge in [0.1, 0.15) is 0 Å². The first-order chi connectivity index (χ1) is 8.96. The fourth-order valence-corrected chi connectivity index (χ4v) is 36.9. The molecule has 0 amide bonds. The minimum atomic E-state index is -3.14. The molecule has 0 saturated heterocycles. The molecule has 0 bridgehead atoms. The van der Waals surface area contributed by atoms with Crippen molar-refractivity contribution in [3.63, 3.8) is 0 Å². The average molecular weight is 526 g/mol. The smallest absolute Gasteiger partial charge is 0.147 e. The molecule has 0 aromatic carbocycles. The summed E-state index contributed by atoms with van der Waals surface area (Å²) >= 11 is -3.14. The zero-order chi connectivity index (χ0) is 15.5. The van der Waals surface area contributed by atoms with E-state index in [0.29, 0.717) is 11.8 Å². The Labute approximate surface area is 151 Å². The first-order valence-electron chi connectivity index (χ1n) is 7.82. The monoisotopic (exact) mass is 526 g/mol. The molecule has 22 heavy (non-hydrogen) atoms. The van der Waals surface area contributed by atoms with Gasteiger partial charge in [0.25, 0.3) is 0 Å². The van der Waals surface area contributed by atoms with Crippen molar-refractivity contribution >= 4 is 31.8 Å². The number of hydrogen-bond acceptors (Lipinski definition) is 0. The van der Waals surface area contributed by atoms with E-state index in [4.69, 9.17) is 0 Å². The van der Waals surface area contributed by atoms with Crippen LogP contribution in [0.5, 0.6) is 0 Å². The van der Waals surface area contributed by atoms with Crippen molar-refractivity contribution in [3.05, 3.63) is 41.1 Å². The van der Waals surface area contributed by atoms with Crippen LogP contribution in [0.25, 0.3) is 0 Å². The van der Waals surface area contributed by atoms with Crippen molar-refractivity contribution in [1.29, 1.82) is 0 Å². The molecule has 0 aliphatic heterocycles. The Morgan fingerprint density at radius 2 is 1.05 bits per heavy atom. The third-order valence-corrected chi connectivity index (χ3v) is 30.3. The Hall–Kier alpha value is 0.627. The van der Waals surface area contributed by atoms with Crippen LogP contribution in [0.4, 0.5) is 0 Å². The molecular formula is C18H32Cl2HfSi. The maximum Gasteiger partial charge on any atom is -0.147 e. The van der Waals surface area contributed by atoms with Gasteiger partial charge in [0.15, 0.2) is 0 Å². The summed E-state index contributed by atoms with van der Waals surface area (Å²) in [4.78, 5) is 0. The summed E-state index contributed by atoms with van der Waals surface area (Å²) < 4.78 is 9.00. The summed E-state index contributed by atoms with van der Waals surface area (Å²) in [5.41, 5.74) is 6.26. The predicted octanol–water partition coefficient (Wildman–Crippen LogP) is 5.90. The van der Waals surface area contributed by atoms with Crippen molar-refractivity contribution in [2.45, 2.75) is 50.9 Å². The number of rotatable bonds is 2. The van der Waals surface area contributed by atoms with Gasteiger partial charge in [-0.25, -0.2) is 0 Å². The minimum Gasteiger partial charge on any atom is -0.147 e. The van der Waals surface area contributed by atoms with Gasteiger partial charge >= 0.3 is 128 Å². The molecule has 0 aromatic heterocycles. The van der Waals surface area contributed by atoms with Gasteiger partial charge in [0.05, 0.1) is 0 Å². The zero-order valence-electron chi connectivity index (χ0n) is 15.3. The van der Waals surface area contributed by atoms with E-state index in [1.54, 1.807) is 22.3 Å². The van der Waals surface area contributed by atoms with E-state index in [2.05, 4.69) is 70.0 Å². The van der Waals surface area contributed by atoms with Gasteiger partial charge in [-0.1, -0.05) is 0 Å². The topological polar surface area (TPSA) is 0 Å². The van der Waals surface area contributed by atoms with Crippen LogP contribution in [0.15, 0.2) is 41.1 Å². The SMILES string of the molecule is CC1=CC(C)=[C]([Hf]([CH3])([CH3])(=[SiH2])[C]2=C(C)C=C(C)C2C)C1C.Cl.Cl. The Balaban J connectivity index is 0.00000220. The Morgan fingerprint density at radius 1 is 0.773 bits per heavy atom. The van der Waals surface area contributed by atoms with Gasteiger partial charge in [0.2, 0.25) is 0 Å². The second-order valence-electron chi connectivity index (χ2n) is 8.10. The number of halogens is 2. The fraction of sp³-hybridized carbons (Fsp3) is 0.556. The van der Waals surface area contributed by atoms with Crippen LogP contribution in [0, 0.1) is 11.8 Å². The van der Waals surface area contributed by atoms with E-state index in [9.17, 15) is 0 Å². The second-order valence-corrected chi connectivity index (χ2v) is 48.6. The molecule has 2 aliphatic carbocycles. The van der Waals surface area contributed by atoms with E-state index in [-0.39, 0.29) is 24.8 Å². The van der Waals surface area contributed by atoms with Gasteiger partial charge in [-0.2, -0.15) is 0 Å². The molecular weight excluding hydrogens is 494 g/mol. The molecule has 2 atom stereocenters. The summed E-state index contributed by atoms with van der Waals surface area (Å²) in [6.45, 7) is 16.5. The molecule has 126 valence electrons. The summed E-state index contributed by atoms with van der Waals surface area (Å²) in [5.74, 6) is 1.32. The van der Waals surface area contributed by atoms with Crippen molar-refractivity contribution in [2.75, 3.05) is 0 Å². The summed E-state index contributed by atoms with van der Waals surface area (Å²) in [6.07, 6.45) is 4.87. The van der Waals surface area contributed by atoms with E-state index < -0.39 is 17.1 Å². The summed E-state index contributed by atoms with van der Waals surface area (Å²) in [7, 11) is 0. The maximum absolute atomic E-state index is 3.14. The fourth-order valence-electron chi connectivity index (χ4n) is 5.03. The van der Waals surface area contributed by atoms with Crippen molar-refractivity contribution in [3.8, 4) is 0 Å². The summed E-state index contributed by atoms with van der Waals surface area (Å²) in [6, 6.07) is 0. The number of allylic oxidation sites excluding steroid dienone is 8. The quantitative estimate of drug-likeness (QED) is 0.394. The van der Waals surface area contributed by atoms with Gasteiger partial charge in [0, 0.05) is 0 Å².